The molecule has 30 heavy (non-hydrogen) atoms. The molecular weight excluding hydrogens is 405 g/mol. The second-order valence-corrected chi connectivity index (χ2v) is 7.01. The molecule has 0 spiro atoms. The summed E-state index contributed by atoms with van der Waals surface area (Å²) < 4.78 is 19.3. The van der Waals surface area contributed by atoms with Gasteiger partial charge in [-0.3, -0.25) is 0 Å². The van der Waals surface area contributed by atoms with Crippen molar-refractivity contribution in [2.75, 3.05) is 0 Å². The predicted octanol–water partition coefficient (Wildman–Crippen LogP) is 5.62. The van der Waals surface area contributed by atoms with E-state index in [1.165, 1.54) is 0 Å². The number of benzene rings is 2. The third kappa shape index (κ3) is 4.00. The molecule has 0 bridgehead atoms. The average Bonchev–Trinajstić information content (AvgIpc) is 3.12. The first kappa shape index (κ1) is 19.6. The van der Waals surface area contributed by atoms with Crippen molar-refractivity contribution in [1.82, 2.24) is 19.9 Å². The highest BCUT2D eigenvalue weighted by Gasteiger charge is 2.11. The van der Waals surface area contributed by atoms with Crippen molar-refractivity contribution in [3.63, 3.8) is 0 Å². The van der Waals surface area contributed by atoms with Crippen LogP contribution in [0.1, 0.15) is 22.5 Å². The van der Waals surface area contributed by atoms with E-state index in [4.69, 9.17) is 16.3 Å². The van der Waals surface area contributed by atoms with Crippen molar-refractivity contribution < 1.29 is 9.13 Å². The van der Waals surface area contributed by atoms with Crippen molar-refractivity contribution >= 4 is 34.3 Å². The van der Waals surface area contributed by atoms with Crippen molar-refractivity contribution in [3.05, 3.63) is 76.2 Å². The molecule has 6 nitrogen and oxygen atoms in total. The standard InChI is InChI=1S/C22H15ClFN5O/c1-12-6-18-19(7-13(12)2)28-20(27-18)15(10-25)8-14-4-3-5-16(9-14)30-21-17(24)11-26-22(23)29-21/h3-9,11H,1-2H3,(H,27,28)/b15-8+. The topological polar surface area (TPSA) is 87.5 Å². The van der Waals surface area contributed by atoms with E-state index in [0.717, 1.165) is 28.4 Å². The average molecular weight is 420 g/mol. The van der Waals surface area contributed by atoms with Gasteiger partial charge in [-0.2, -0.15) is 14.6 Å². The smallest absolute Gasteiger partial charge is 0.260 e. The highest BCUT2D eigenvalue weighted by Crippen LogP contribution is 2.26. The molecule has 4 aromatic rings. The summed E-state index contributed by atoms with van der Waals surface area (Å²) in [6.07, 6.45) is 2.61. The van der Waals surface area contributed by atoms with Gasteiger partial charge in [0.2, 0.25) is 11.1 Å². The number of nitriles is 1. The van der Waals surface area contributed by atoms with Gasteiger partial charge in [-0.05, 0) is 72.5 Å². The second-order valence-electron chi connectivity index (χ2n) is 6.68. The Morgan fingerprint density at radius 1 is 1.20 bits per heavy atom. The Morgan fingerprint density at radius 3 is 2.80 bits per heavy atom. The zero-order valence-electron chi connectivity index (χ0n) is 16.1. The number of nitrogens with one attached hydrogen (secondary N) is 1. The van der Waals surface area contributed by atoms with Crippen LogP contribution in [-0.2, 0) is 0 Å². The lowest BCUT2D eigenvalue weighted by Gasteiger charge is -2.06. The molecule has 2 aromatic heterocycles. The van der Waals surface area contributed by atoms with Crippen molar-refractivity contribution in [2.45, 2.75) is 13.8 Å². The Bertz CT molecular complexity index is 1300. The first-order chi connectivity index (χ1) is 14.4. The highest BCUT2D eigenvalue weighted by molar-refractivity contribution is 6.28. The summed E-state index contributed by atoms with van der Waals surface area (Å²) in [7, 11) is 0. The molecule has 2 heterocycles. The molecule has 0 saturated heterocycles. The summed E-state index contributed by atoms with van der Waals surface area (Å²) in [4.78, 5) is 15.0. The molecule has 8 heteroatoms. The van der Waals surface area contributed by atoms with E-state index in [1.54, 1.807) is 30.3 Å². The minimum atomic E-state index is -0.731. The third-order valence-electron chi connectivity index (χ3n) is 4.54. The molecule has 0 unspecified atom stereocenters. The number of ether oxygens (including phenoxy) is 1. The molecule has 2 aromatic carbocycles. The molecule has 0 aliphatic heterocycles. The van der Waals surface area contributed by atoms with Crippen LogP contribution in [0.5, 0.6) is 11.6 Å². The number of aromatic nitrogens is 4. The normalized spacial score (nSPS) is 11.5. The van der Waals surface area contributed by atoms with Crippen molar-refractivity contribution in [1.29, 1.82) is 5.26 Å². The minimum Gasteiger partial charge on any atom is -0.436 e. The number of aromatic amines is 1. The second kappa shape index (κ2) is 7.93. The number of nitrogens with zero attached hydrogens (tertiary/aromatic N) is 4. The summed E-state index contributed by atoms with van der Waals surface area (Å²) >= 11 is 5.70. The highest BCUT2D eigenvalue weighted by atomic mass is 35.5. The molecule has 0 amide bonds. The fourth-order valence-electron chi connectivity index (χ4n) is 2.90. The van der Waals surface area contributed by atoms with E-state index in [9.17, 15) is 9.65 Å². The quantitative estimate of drug-likeness (QED) is 0.342. The number of allylic oxidation sites excluding steroid dienone is 1. The zero-order valence-corrected chi connectivity index (χ0v) is 16.8. The molecule has 0 aliphatic rings. The molecular formula is C22H15ClFN5O. The van der Waals surface area contributed by atoms with Crippen LogP contribution in [0, 0.1) is 31.0 Å². The van der Waals surface area contributed by atoms with E-state index >= 15 is 0 Å². The summed E-state index contributed by atoms with van der Waals surface area (Å²) in [5.41, 5.74) is 4.96. The number of fused-ring (bicyclic) bond motifs is 1. The Kier molecular flexibility index (Phi) is 5.17. The van der Waals surface area contributed by atoms with Crippen LogP contribution in [0.15, 0.2) is 42.6 Å². The summed E-state index contributed by atoms with van der Waals surface area (Å²) in [6, 6.07) is 13.0. The van der Waals surface area contributed by atoms with Gasteiger partial charge in [0, 0.05) is 0 Å². The number of hydrogen-bond acceptors (Lipinski definition) is 5. The fraction of sp³-hybridized carbons (Fsp3) is 0.0909. The van der Waals surface area contributed by atoms with Crippen LogP contribution >= 0.6 is 11.6 Å². The predicted molar refractivity (Wildman–Crippen MR) is 113 cm³/mol. The lowest BCUT2D eigenvalue weighted by Crippen LogP contribution is -1.94. The van der Waals surface area contributed by atoms with E-state index < -0.39 is 5.82 Å². The van der Waals surface area contributed by atoms with Crippen LogP contribution in [0.3, 0.4) is 0 Å². The van der Waals surface area contributed by atoms with Crippen LogP contribution in [-0.4, -0.2) is 19.9 Å². The van der Waals surface area contributed by atoms with Crippen LogP contribution in [0.2, 0.25) is 5.28 Å². The van der Waals surface area contributed by atoms with Crippen molar-refractivity contribution in [3.8, 4) is 17.7 Å². The van der Waals surface area contributed by atoms with Gasteiger partial charge in [-0.25, -0.2) is 9.97 Å². The van der Waals surface area contributed by atoms with Crippen LogP contribution in [0.4, 0.5) is 4.39 Å². The maximum absolute atomic E-state index is 13.8. The minimum absolute atomic E-state index is 0.121. The number of imidazole rings is 1. The molecule has 4 rings (SSSR count). The molecule has 1 N–H and O–H groups in total. The monoisotopic (exact) mass is 419 g/mol. The van der Waals surface area contributed by atoms with E-state index in [0.29, 0.717) is 22.7 Å². The van der Waals surface area contributed by atoms with E-state index in [2.05, 4.69) is 26.0 Å². The Hall–Kier alpha value is -3.76. The lowest BCUT2D eigenvalue weighted by molar-refractivity contribution is 0.420. The number of H-pyrrole nitrogens is 1. The molecule has 0 radical (unpaired) electrons. The van der Waals surface area contributed by atoms with Crippen LogP contribution in [0.25, 0.3) is 22.7 Å². The Balaban J connectivity index is 1.67. The van der Waals surface area contributed by atoms with Gasteiger partial charge in [-0.15, -0.1) is 0 Å². The van der Waals surface area contributed by atoms with Crippen molar-refractivity contribution in [2.24, 2.45) is 0 Å². The maximum Gasteiger partial charge on any atom is 0.260 e. The van der Waals surface area contributed by atoms with Gasteiger partial charge < -0.3 is 9.72 Å². The van der Waals surface area contributed by atoms with Gasteiger partial charge in [0.25, 0.3) is 5.88 Å². The largest absolute Gasteiger partial charge is 0.436 e. The van der Waals surface area contributed by atoms with E-state index in [1.807, 2.05) is 26.0 Å². The van der Waals surface area contributed by atoms with Crippen LogP contribution < -0.4 is 4.74 Å². The molecule has 0 aliphatic carbocycles. The SMILES string of the molecule is Cc1cc2nc(/C(C#N)=C/c3cccc(Oc4nc(Cl)ncc4F)c3)[nH]c2cc1C. The maximum atomic E-state index is 13.8. The zero-order chi connectivity index (χ0) is 21.3. The van der Waals surface area contributed by atoms with Gasteiger partial charge in [0.05, 0.1) is 22.8 Å². The molecule has 0 fully saturated rings. The number of halogens is 2. The van der Waals surface area contributed by atoms with E-state index in [-0.39, 0.29) is 11.2 Å². The summed E-state index contributed by atoms with van der Waals surface area (Å²) in [6.45, 7) is 4.04. The first-order valence-corrected chi connectivity index (χ1v) is 9.36. The third-order valence-corrected chi connectivity index (χ3v) is 4.72. The number of rotatable bonds is 4. The molecule has 0 atom stereocenters. The summed E-state index contributed by atoms with van der Waals surface area (Å²) in [5, 5.41) is 9.54. The van der Waals surface area contributed by atoms with Gasteiger partial charge in [0.15, 0.2) is 0 Å². The van der Waals surface area contributed by atoms with Gasteiger partial charge >= 0.3 is 0 Å². The Morgan fingerprint density at radius 2 is 2.00 bits per heavy atom. The fourth-order valence-corrected chi connectivity index (χ4v) is 3.03. The Labute approximate surface area is 176 Å². The van der Waals surface area contributed by atoms with Gasteiger partial charge in [0.1, 0.15) is 17.6 Å². The molecule has 148 valence electrons. The van der Waals surface area contributed by atoms with Gasteiger partial charge in [-0.1, -0.05) is 12.1 Å². The lowest BCUT2D eigenvalue weighted by atomic mass is 10.1. The summed E-state index contributed by atoms with van der Waals surface area (Å²) in [5.74, 6) is -0.200. The first-order valence-electron chi connectivity index (χ1n) is 8.98. The molecule has 0 saturated carbocycles. The number of hydrogen-bond donors (Lipinski definition) is 1. The number of aryl methyl sites for hydroxylation is 2.